The maximum Gasteiger partial charge on any atom is 0.126 e. The largest absolute Gasteiger partial charge is 0.492 e. The van der Waals surface area contributed by atoms with Gasteiger partial charge in [-0.05, 0) is 22.3 Å². The van der Waals surface area contributed by atoms with Gasteiger partial charge in [0.25, 0.3) is 0 Å². The van der Waals surface area contributed by atoms with Crippen molar-refractivity contribution >= 4 is 0 Å². The molecule has 0 aliphatic rings. The van der Waals surface area contributed by atoms with Crippen molar-refractivity contribution in [1.29, 1.82) is 0 Å². The van der Waals surface area contributed by atoms with Crippen molar-refractivity contribution in [3.63, 3.8) is 0 Å². The average Bonchev–Trinajstić information content (AvgIpc) is 2.54. The van der Waals surface area contributed by atoms with Gasteiger partial charge in [0.15, 0.2) is 0 Å². The zero-order chi connectivity index (χ0) is 20.3. The fraction of sp³-hybridized carbons (Fsp3) is 0.727. The van der Waals surface area contributed by atoms with Crippen molar-refractivity contribution in [3.05, 3.63) is 28.8 Å². The fourth-order valence-corrected chi connectivity index (χ4v) is 2.77. The van der Waals surface area contributed by atoms with Crippen molar-refractivity contribution < 1.29 is 20.1 Å². The van der Waals surface area contributed by atoms with Crippen LogP contribution >= 0.6 is 0 Å². The third kappa shape index (κ3) is 5.21. The Labute approximate surface area is 159 Å². The van der Waals surface area contributed by atoms with Gasteiger partial charge in [0.2, 0.25) is 0 Å². The SMILES string of the molecule is CC(C)c1cc(C(C)(C)C)c(OCC(CO)(CO)CO)c(C(C)(C)C)c1. The number of aliphatic hydroxyl groups is 3. The van der Waals surface area contributed by atoms with Crippen LogP contribution in [0.2, 0.25) is 0 Å². The summed E-state index contributed by atoms with van der Waals surface area (Å²) < 4.78 is 6.21. The molecule has 0 fully saturated rings. The molecule has 0 aromatic heterocycles. The highest BCUT2D eigenvalue weighted by atomic mass is 16.5. The molecule has 4 heteroatoms. The lowest BCUT2D eigenvalue weighted by Crippen LogP contribution is -2.40. The molecule has 150 valence electrons. The van der Waals surface area contributed by atoms with E-state index < -0.39 is 5.41 Å². The minimum absolute atomic E-state index is 0.0592. The zero-order valence-corrected chi connectivity index (χ0v) is 17.8. The number of hydrogen-bond acceptors (Lipinski definition) is 4. The van der Waals surface area contributed by atoms with E-state index in [1.807, 2.05) is 0 Å². The molecule has 0 saturated carbocycles. The van der Waals surface area contributed by atoms with Gasteiger partial charge in [0.05, 0.1) is 25.2 Å². The Kier molecular flexibility index (Phi) is 7.31. The summed E-state index contributed by atoms with van der Waals surface area (Å²) in [5, 5.41) is 28.9. The lowest BCUT2D eigenvalue weighted by atomic mass is 9.77. The molecule has 0 spiro atoms. The van der Waals surface area contributed by atoms with E-state index in [1.54, 1.807) is 0 Å². The molecule has 26 heavy (non-hydrogen) atoms. The lowest BCUT2D eigenvalue weighted by molar-refractivity contribution is -0.0265. The molecule has 0 radical (unpaired) electrons. The molecule has 0 saturated heterocycles. The van der Waals surface area contributed by atoms with Crippen LogP contribution in [0.25, 0.3) is 0 Å². The molecule has 0 unspecified atom stereocenters. The molecular formula is C22H38O4. The Morgan fingerprint density at radius 2 is 1.19 bits per heavy atom. The van der Waals surface area contributed by atoms with Gasteiger partial charge in [-0.1, -0.05) is 67.5 Å². The monoisotopic (exact) mass is 366 g/mol. The Hall–Kier alpha value is -1.10. The quantitative estimate of drug-likeness (QED) is 0.687. The molecule has 0 heterocycles. The molecule has 1 rings (SSSR count). The van der Waals surface area contributed by atoms with E-state index in [2.05, 4.69) is 67.5 Å². The van der Waals surface area contributed by atoms with Gasteiger partial charge < -0.3 is 20.1 Å². The van der Waals surface area contributed by atoms with Gasteiger partial charge in [-0.3, -0.25) is 0 Å². The Balaban J connectivity index is 3.56. The number of hydrogen-bond donors (Lipinski definition) is 3. The topological polar surface area (TPSA) is 69.9 Å². The average molecular weight is 367 g/mol. The van der Waals surface area contributed by atoms with Crippen LogP contribution in [-0.2, 0) is 10.8 Å². The maximum absolute atomic E-state index is 9.63. The predicted molar refractivity (Wildman–Crippen MR) is 107 cm³/mol. The van der Waals surface area contributed by atoms with Gasteiger partial charge in [0.1, 0.15) is 12.4 Å². The lowest BCUT2D eigenvalue weighted by Gasteiger charge is -2.34. The summed E-state index contributed by atoms with van der Waals surface area (Å²) in [6, 6.07) is 4.40. The smallest absolute Gasteiger partial charge is 0.126 e. The van der Waals surface area contributed by atoms with E-state index in [-0.39, 0.29) is 37.3 Å². The van der Waals surface area contributed by atoms with Crippen molar-refractivity contribution in [1.82, 2.24) is 0 Å². The van der Waals surface area contributed by atoms with Crippen LogP contribution in [0.4, 0.5) is 0 Å². The first-order chi connectivity index (χ1) is 11.8. The minimum atomic E-state index is -1.05. The Morgan fingerprint density at radius 1 is 0.808 bits per heavy atom. The first-order valence-electron chi connectivity index (χ1n) is 9.45. The van der Waals surface area contributed by atoms with E-state index in [0.29, 0.717) is 5.92 Å². The van der Waals surface area contributed by atoms with Gasteiger partial charge >= 0.3 is 0 Å². The molecule has 0 amide bonds. The van der Waals surface area contributed by atoms with Gasteiger partial charge in [-0.2, -0.15) is 0 Å². The van der Waals surface area contributed by atoms with E-state index in [1.165, 1.54) is 5.56 Å². The van der Waals surface area contributed by atoms with Crippen molar-refractivity contribution in [3.8, 4) is 5.75 Å². The van der Waals surface area contributed by atoms with Crippen molar-refractivity contribution in [2.75, 3.05) is 26.4 Å². The molecular weight excluding hydrogens is 328 g/mol. The highest BCUT2D eigenvalue weighted by Gasteiger charge is 2.33. The van der Waals surface area contributed by atoms with Crippen LogP contribution in [-0.4, -0.2) is 41.7 Å². The zero-order valence-electron chi connectivity index (χ0n) is 17.8. The second kappa shape index (κ2) is 8.28. The third-order valence-corrected chi connectivity index (χ3v) is 4.92. The second-order valence-electron chi connectivity index (χ2n) is 9.86. The van der Waals surface area contributed by atoms with Crippen LogP contribution < -0.4 is 4.74 Å². The van der Waals surface area contributed by atoms with E-state index in [9.17, 15) is 15.3 Å². The summed E-state index contributed by atoms with van der Waals surface area (Å²) in [4.78, 5) is 0. The standard InChI is InChI=1S/C22H38O4/c1-15(2)16-9-17(20(3,4)5)19(18(10-16)21(6,7)8)26-14-22(11-23,12-24)13-25/h9-10,15,23-25H,11-14H2,1-8H3. The van der Waals surface area contributed by atoms with Crippen molar-refractivity contribution in [2.45, 2.75) is 72.1 Å². The van der Waals surface area contributed by atoms with E-state index >= 15 is 0 Å². The third-order valence-electron chi connectivity index (χ3n) is 4.92. The number of ether oxygens (including phenoxy) is 1. The highest BCUT2D eigenvalue weighted by Crippen LogP contribution is 2.42. The molecule has 4 nitrogen and oxygen atoms in total. The summed E-state index contributed by atoms with van der Waals surface area (Å²) in [6.07, 6.45) is 0. The number of rotatable bonds is 7. The highest BCUT2D eigenvalue weighted by molar-refractivity contribution is 5.51. The molecule has 1 aromatic rings. The molecule has 0 aliphatic carbocycles. The van der Waals surface area contributed by atoms with Crippen LogP contribution in [0.15, 0.2) is 12.1 Å². The minimum Gasteiger partial charge on any atom is -0.492 e. The van der Waals surface area contributed by atoms with E-state index in [4.69, 9.17) is 4.74 Å². The van der Waals surface area contributed by atoms with Crippen LogP contribution in [0, 0.1) is 5.41 Å². The normalized spacial score (nSPS) is 13.4. The predicted octanol–water partition coefficient (Wildman–Crippen LogP) is 3.75. The van der Waals surface area contributed by atoms with Gasteiger partial charge in [-0.15, -0.1) is 0 Å². The van der Waals surface area contributed by atoms with Gasteiger partial charge in [0, 0.05) is 11.1 Å². The first kappa shape index (κ1) is 22.9. The fourth-order valence-electron chi connectivity index (χ4n) is 2.77. The van der Waals surface area contributed by atoms with Crippen LogP contribution in [0.1, 0.15) is 78.0 Å². The molecule has 0 aliphatic heterocycles. The van der Waals surface area contributed by atoms with E-state index in [0.717, 1.165) is 16.9 Å². The number of benzene rings is 1. The summed E-state index contributed by atoms with van der Waals surface area (Å²) in [5.74, 6) is 1.20. The van der Waals surface area contributed by atoms with Crippen molar-refractivity contribution in [2.24, 2.45) is 5.41 Å². The maximum atomic E-state index is 9.63. The molecule has 3 N–H and O–H groups in total. The van der Waals surface area contributed by atoms with Gasteiger partial charge in [-0.25, -0.2) is 0 Å². The summed E-state index contributed by atoms with van der Waals surface area (Å²) in [6.45, 7) is 16.4. The van der Waals surface area contributed by atoms with Crippen LogP contribution in [0.3, 0.4) is 0 Å². The summed E-state index contributed by atoms with van der Waals surface area (Å²) in [7, 11) is 0. The first-order valence-corrected chi connectivity index (χ1v) is 9.45. The summed E-state index contributed by atoms with van der Waals surface area (Å²) in [5.41, 5.74) is 2.18. The molecule has 0 atom stereocenters. The molecule has 1 aromatic carbocycles. The Bertz CT molecular complexity index is 544. The van der Waals surface area contributed by atoms with Crippen LogP contribution in [0.5, 0.6) is 5.75 Å². The Morgan fingerprint density at radius 3 is 1.46 bits per heavy atom. The summed E-state index contributed by atoms with van der Waals surface area (Å²) >= 11 is 0. The molecule has 0 bridgehead atoms. The number of aliphatic hydroxyl groups excluding tert-OH is 3. The second-order valence-corrected chi connectivity index (χ2v) is 9.86.